The van der Waals surface area contributed by atoms with Crippen LogP contribution in [0, 0.1) is 10.1 Å². The lowest BCUT2D eigenvalue weighted by atomic mass is 10.1. The SMILES string of the molecule is CNc1c(CN(C)C2CCOCC2)cccc1[N+](=O)[O-]. The molecule has 0 aliphatic carbocycles. The highest BCUT2D eigenvalue weighted by Gasteiger charge is 2.21. The number of hydrogen-bond donors (Lipinski definition) is 1. The molecule has 1 aliphatic rings. The number of rotatable bonds is 5. The minimum Gasteiger partial charge on any atom is -0.382 e. The molecule has 0 amide bonds. The Bertz CT molecular complexity index is 473. The van der Waals surface area contributed by atoms with Crippen molar-refractivity contribution in [2.24, 2.45) is 0 Å². The molecule has 0 bridgehead atoms. The molecule has 1 heterocycles. The van der Waals surface area contributed by atoms with E-state index in [4.69, 9.17) is 4.74 Å². The lowest BCUT2D eigenvalue weighted by Gasteiger charge is -2.31. The number of nitro benzene ring substituents is 1. The molecule has 0 aromatic heterocycles. The molecule has 1 fully saturated rings. The number of nitrogens with zero attached hydrogens (tertiary/aromatic N) is 2. The van der Waals surface area contributed by atoms with E-state index >= 15 is 0 Å². The summed E-state index contributed by atoms with van der Waals surface area (Å²) in [4.78, 5) is 13.0. The lowest BCUT2D eigenvalue weighted by Crippen LogP contribution is -2.36. The summed E-state index contributed by atoms with van der Waals surface area (Å²) in [5.41, 5.74) is 1.69. The number of anilines is 1. The quantitative estimate of drug-likeness (QED) is 0.661. The Kier molecular flexibility index (Phi) is 4.92. The van der Waals surface area contributed by atoms with Crippen molar-refractivity contribution in [1.82, 2.24) is 4.90 Å². The molecular weight excluding hydrogens is 258 g/mol. The van der Waals surface area contributed by atoms with Gasteiger partial charge in [0.25, 0.3) is 5.69 Å². The molecule has 0 saturated carbocycles. The Morgan fingerprint density at radius 1 is 1.45 bits per heavy atom. The average Bonchev–Trinajstić information content (AvgIpc) is 2.47. The van der Waals surface area contributed by atoms with E-state index in [1.165, 1.54) is 6.07 Å². The smallest absolute Gasteiger partial charge is 0.292 e. The van der Waals surface area contributed by atoms with E-state index in [1.54, 1.807) is 13.1 Å². The number of hydrogen-bond acceptors (Lipinski definition) is 5. The zero-order valence-electron chi connectivity index (χ0n) is 12.0. The highest BCUT2D eigenvalue weighted by atomic mass is 16.6. The van der Waals surface area contributed by atoms with E-state index in [-0.39, 0.29) is 10.6 Å². The fraction of sp³-hybridized carbons (Fsp3) is 0.571. The molecule has 0 radical (unpaired) electrons. The summed E-state index contributed by atoms with van der Waals surface area (Å²) < 4.78 is 5.37. The first-order valence-electron chi connectivity index (χ1n) is 6.85. The van der Waals surface area contributed by atoms with Crippen LogP contribution in [0.1, 0.15) is 18.4 Å². The highest BCUT2D eigenvalue weighted by molar-refractivity contribution is 5.66. The molecule has 1 aliphatic heterocycles. The maximum absolute atomic E-state index is 11.1. The minimum absolute atomic E-state index is 0.130. The number of benzene rings is 1. The van der Waals surface area contributed by atoms with Crippen LogP contribution >= 0.6 is 0 Å². The van der Waals surface area contributed by atoms with Crippen LogP contribution in [0.2, 0.25) is 0 Å². The number of nitro groups is 1. The topological polar surface area (TPSA) is 67.6 Å². The van der Waals surface area contributed by atoms with Crippen molar-refractivity contribution in [2.75, 3.05) is 32.6 Å². The third kappa shape index (κ3) is 3.26. The van der Waals surface area contributed by atoms with Gasteiger partial charge >= 0.3 is 0 Å². The number of ether oxygens (including phenoxy) is 1. The van der Waals surface area contributed by atoms with Crippen LogP contribution < -0.4 is 5.32 Å². The highest BCUT2D eigenvalue weighted by Crippen LogP contribution is 2.29. The molecule has 6 heteroatoms. The Morgan fingerprint density at radius 2 is 2.15 bits per heavy atom. The Morgan fingerprint density at radius 3 is 2.75 bits per heavy atom. The van der Waals surface area contributed by atoms with Crippen molar-refractivity contribution in [3.63, 3.8) is 0 Å². The minimum atomic E-state index is -0.343. The summed E-state index contributed by atoms with van der Waals surface area (Å²) in [6, 6.07) is 5.69. The summed E-state index contributed by atoms with van der Waals surface area (Å²) in [5.74, 6) is 0. The largest absolute Gasteiger partial charge is 0.382 e. The summed E-state index contributed by atoms with van der Waals surface area (Å²) in [7, 11) is 3.79. The van der Waals surface area contributed by atoms with Crippen molar-refractivity contribution < 1.29 is 9.66 Å². The van der Waals surface area contributed by atoms with Crippen LogP contribution in [0.3, 0.4) is 0 Å². The summed E-state index contributed by atoms with van der Waals surface area (Å²) in [6.07, 6.45) is 2.03. The molecule has 1 aromatic rings. The van der Waals surface area contributed by atoms with Gasteiger partial charge in [-0.1, -0.05) is 12.1 Å². The normalized spacial score (nSPS) is 16.4. The van der Waals surface area contributed by atoms with Crippen LogP contribution in [-0.4, -0.2) is 43.2 Å². The summed E-state index contributed by atoms with van der Waals surface area (Å²) in [6.45, 7) is 2.29. The maximum atomic E-state index is 11.1. The Hall–Kier alpha value is -1.66. The van der Waals surface area contributed by atoms with Crippen LogP contribution in [0.25, 0.3) is 0 Å². The summed E-state index contributed by atoms with van der Waals surface area (Å²) >= 11 is 0. The van der Waals surface area contributed by atoms with E-state index in [1.807, 2.05) is 6.07 Å². The molecule has 0 atom stereocenters. The zero-order valence-corrected chi connectivity index (χ0v) is 12.0. The van der Waals surface area contributed by atoms with Gasteiger partial charge in [0.15, 0.2) is 0 Å². The van der Waals surface area contributed by atoms with Crippen molar-refractivity contribution in [2.45, 2.75) is 25.4 Å². The third-order valence-electron chi connectivity index (χ3n) is 3.81. The Labute approximate surface area is 118 Å². The molecule has 2 rings (SSSR count). The van der Waals surface area contributed by atoms with Crippen molar-refractivity contribution in [3.8, 4) is 0 Å². The van der Waals surface area contributed by atoms with E-state index in [0.717, 1.165) is 31.6 Å². The van der Waals surface area contributed by atoms with Gasteiger partial charge in [-0.05, 0) is 25.5 Å². The van der Waals surface area contributed by atoms with Crippen LogP contribution in [-0.2, 0) is 11.3 Å². The van der Waals surface area contributed by atoms with E-state index < -0.39 is 0 Å². The fourth-order valence-corrected chi connectivity index (χ4v) is 2.68. The first kappa shape index (κ1) is 14.7. The first-order valence-corrected chi connectivity index (χ1v) is 6.85. The van der Waals surface area contributed by atoms with Gasteiger partial charge in [0.05, 0.1) is 4.92 Å². The van der Waals surface area contributed by atoms with Crippen molar-refractivity contribution >= 4 is 11.4 Å². The van der Waals surface area contributed by atoms with Crippen LogP contribution in [0.15, 0.2) is 18.2 Å². The number of nitrogens with one attached hydrogen (secondary N) is 1. The van der Waals surface area contributed by atoms with Gasteiger partial charge in [0.2, 0.25) is 0 Å². The second-order valence-corrected chi connectivity index (χ2v) is 5.08. The average molecular weight is 279 g/mol. The molecular formula is C14H21N3O3. The predicted octanol–water partition coefficient (Wildman–Crippen LogP) is 2.25. The van der Waals surface area contributed by atoms with Gasteiger partial charge in [-0.2, -0.15) is 0 Å². The van der Waals surface area contributed by atoms with Gasteiger partial charge in [-0.3, -0.25) is 15.0 Å². The van der Waals surface area contributed by atoms with Crippen LogP contribution in [0.4, 0.5) is 11.4 Å². The van der Waals surface area contributed by atoms with Gasteiger partial charge in [-0.25, -0.2) is 0 Å². The van der Waals surface area contributed by atoms with Crippen LogP contribution in [0.5, 0.6) is 0 Å². The standard InChI is InChI=1S/C14H21N3O3/c1-15-14-11(4-3-5-13(14)17(18)19)10-16(2)12-6-8-20-9-7-12/h3-5,12,15H,6-10H2,1-2H3. The molecule has 1 N–H and O–H groups in total. The van der Waals surface area contributed by atoms with Gasteiger partial charge in [0.1, 0.15) is 5.69 Å². The molecule has 1 saturated heterocycles. The maximum Gasteiger partial charge on any atom is 0.292 e. The van der Waals surface area contributed by atoms with E-state index in [9.17, 15) is 10.1 Å². The molecule has 1 aromatic carbocycles. The molecule has 0 unspecified atom stereocenters. The zero-order chi connectivity index (χ0) is 14.5. The predicted molar refractivity (Wildman–Crippen MR) is 78.0 cm³/mol. The monoisotopic (exact) mass is 279 g/mol. The van der Waals surface area contributed by atoms with E-state index in [2.05, 4.69) is 17.3 Å². The van der Waals surface area contributed by atoms with Gasteiger partial charge < -0.3 is 10.1 Å². The fourth-order valence-electron chi connectivity index (χ4n) is 2.68. The second-order valence-electron chi connectivity index (χ2n) is 5.08. The van der Waals surface area contributed by atoms with Gasteiger partial charge in [-0.15, -0.1) is 0 Å². The first-order chi connectivity index (χ1) is 9.63. The third-order valence-corrected chi connectivity index (χ3v) is 3.81. The second kappa shape index (κ2) is 6.67. The van der Waals surface area contributed by atoms with Crippen molar-refractivity contribution in [3.05, 3.63) is 33.9 Å². The van der Waals surface area contributed by atoms with Crippen molar-refractivity contribution in [1.29, 1.82) is 0 Å². The lowest BCUT2D eigenvalue weighted by molar-refractivity contribution is -0.384. The summed E-state index contributed by atoms with van der Waals surface area (Å²) in [5, 5.41) is 14.0. The Balaban J connectivity index is 2.15. The molecule has 6 nitrogen and oxygen atoms in total. The van der Waals surface area contributed by atoms with Gasteiger partial charge in [0, 0.05) is 38.9 Å². The molecule has 0 spiro atoms. The molecule has 110 valence electrons. The molecule has 20 heavy (non-hydrogen) atoms. The number of para-hydroxylation sites is 1. The van der Waals surface area contributed by atoms with E-state index in [0.29, 0.717) is 18.3 Å².